The van der Waals surface area contributed by atoms with Crippen LogP contribution >= 0.6 is 11.6 Å². The molecule has 2 fully saturated rings. The minimum Gasteiger partial charge on any atom is -0.363 e. The van der Waals surface area contributed by atoms with Crippen LogP contribution in [0.5, 0.6) is 0 Å². The molecule has 4 heteroatoms. The highest BCUT2D eigenvalue weighted by atomic mass is 35.5. The summed E-state index contributed by atoms with van der Waals surface area (Å²) in [5.74, 6) is 0.900. The van der Waals surface area contributed by atoms with Crippen molar-refractivity contribution in [3.63, 3.8) is 0 Å². The lowest BCUT2D eigenvalue weighted by atomic mass is 10.1. The highest BCUT2D eigenvalue weighted by Gasteiger charge is 2.51. The fourth-order valence-electron chi connectivity index (χ4n) is 2.92. The van der Waals surface area contributed by atoms with Crippen molar-refractivity contribution in [2.24, 2.45) is 5.92 Å². The number of pyridine rings is 1. The highest BCUT2D eigenvalue weighted by molar-refractivity contribution is 6.30. The summed E-state index contributed by atoms with van der Waals surface area (Å²) in [6, 6.07) is 3.37. The SMILES string of the molecule is CNC[C@@H]1C[C@H]2C[C@H]2N1c1cncc(Cl)c1. The van der Waals surface area contributed by atoms with Crippen LogP contribution in [0.4, 0.5) is 5.69 Å². The molecule has 0 radical (unpaired) electrons. The molecule has 0 amide bonds. The molecule has 1 aromatic heterocycles. The van der Waals surface area contributed by atoms with E-state index in [9.17, 15) is 0 Å². The zero-order valence-electron chi connectivity index (χ0n) is 9.36. The maximum atomic E-state index is 6.00. The summed E-state index contributed by atoms with van der Waals surface area (Å²) in [4.78, 5) is 6.68. The zero-order chi connectivity index (χ0) is 11.1. The fraction of sp³-hybridized carbons (Fsp3) is 0.583. The number of anilines is 1. The number of fused-ring (bicyclic) bond motifs is 1. The number of piperidine rings is 1. The molecule has 3 nitrogen and oxygen atoms in total. The van der Waals surface area contributed by atoms with Crippen LogP contribution in [0, 0.1) is 5.92 Å². The number of aromatic nitrogens is 1. The second-order valence-electron chi connectivity index (χ2n) is 4.78. The minimum absolute atomic E-state index is 0.606. The van der Waals surface area contributed by atoms with Gasteiger partial charge in [-0.3, -0.25) is 4.98 Å². The molecule has 2 aliphatic rings. The van der Waals surface area contributed by atoms with Gasteiger partial charge in [-0.15, -0.1) is 0 Å². The van der Waals surface area contributed by atoms with Crippen molar-refractivity contribution in [3.05, 3.63) is 23.5 Å². The molecule has 1 N–H and O–H groups in total. The summed E-state index contributed by atoms with van der Waals surface area (Å²) < 4.78 is 0. The monoisotopic (exact) mass is 237 g/mol. The van der Waals surface area contributed by atoms with E-state index in [-0.39, 0.29) is 0 Å². The van der Waals surface area contributed by atoms with Crippen LogP contribution in [-0.2, 0) is 0 Å². The van der Waals surface area contributed by atoms with Gasteiger partial charge in [0.2, 0.25) is 0 Å². The molecule has 0 unspecified atom stereocenters. The first kappa shape index (κ1) is 10.4. The average Bonchev–Trinajstić information content (AvgIpc) is 2.91. The van der Waals surface area contributed by atoms with Gasteiger partial charge in [-0.2, -0.15) is 0 Å². The predicted molar refractivity (Wildman–Crippen MR) is 66.0 cm³/mol. The zero-order valence-corrected chi connectivity index (χ0v) is 10.1. The lowest BCUT2D eigenvalue weighted by Crippen LogP contribution is -2.39. The molecule has 3 atom stereocenters. The molecule has 0 spiro atoms. The van der Waals surface area contributed by atoms with Crippen molar-refractivity contribution >= 4 is 17.3 Å². The van der Waals surface area contributed by atoms with E-state index in [0.717, 1.165) is 23.5 Å². The minimum atomic E-state index is 0.606. The van der Waals surface area contributed by atoms with Gasteiger partial charge in [-0.25, -0.2) is 0 Å². The Bertz CT molecular complexity index is 396. The largest absolute Gasteiger partial charge is 0.363 e. The average molecular weight is 238 g/mol. The summed E-state index contributed by atoms with van der Waals surface area (Å²) in [5.41, 5.74) is 1.18. The van der Waals surface area contributed by atoms with Crippen LogP contribution in [0.1, 0.15) is 12.8 Å². The highest BCUT2D eigenvalue weighted by Crippen LogP contribution is 2.49. The molecule has 1 aliphatic heterocycles. The summed E-state index contributed by atoms with van der Waals surface area (Å²) in [6.45, 7) is 1.04. The van der Waals surface area contributed by atoms with Gasteiger partial charge in [0.25, 0.3) is 0 Å². The molecule has 0 aromatic carbocycles. The Morgan fingerprint density at radius 3 is 3.12 bits per heavy atom. The molecule has 16 heavy (non-hydrogen) atoms. The third kappa shape index (κ3) is 1.68. The van der Waals surface area contributed by atoms with Crippen molar-refractivity contribution in [2.75, 3.05) is 18.5 Å². The first-order valence-electron chi connectivity index (χ1n) is 5.83. The maximum Gasteiger partial charge on any atom is 0.0609 e. The molecular weight excluding hydrogens is 222 g/mol. The normalized spacial score (nSPS) is 31.6. The molecule has 1 aromatic rings. The standard InChI is InChI=1S/C12H16ClN3/c1-14-6-10-2-8-3-12(8)16(10)11-4-9(13)5-15-7-11/h4-5,7-8,10,12,14H,2-3,6H2,1H3/t8-,10-,12+/m0/s1. The summed E-state index contributed by atoms with van der Waals surface area (Å²) in [7, 11) is 2.01. The molecule has 3 rings (SSSR count). The van der Waals surface area contributed by atoms with E-state index in [1.54, 1.807) is 6.20 Å². The van der Waals surface area contributed by atoms with E-state index in [1.165, 1.54) is 18.5 Å². The Labute approximate surface area is 101 Å². The van der Waals surface area contributed by atoms with Crippen LogP contribution in [0.15, 0.2) is 18.5 Å². The van der Waals surface area contributed by atoms with Gasteiger partial charge in [0.05, 0.1) is 16.9 Å². The lowest BCUT2D eigenvalue weighted by Gasteiger charge is -2.29. The molecule has 86 valence electrons. The van der Waals surface area contributed by atoms with Gasteiger partial charge in [-0.05, 0) is 31.9 Å². The topological polar surface area (TPSA) is 28.2 Å². The van der Waals surface area contributed by atoms with E-state index in [2.05, 4.69) is 15.2 Å². The predicted octanol–water partition coefficient (Wildman–Crippen LogP) is 1.92. The second kappa shape index (κ2) is 3.90. The lowest BCUT2D eigenvalue weighted by molar-refractivity contribution is 0.564. The van der Waals surface area contributed by atoms with Crippen molar-refractivity contribution in [1.29, 1.82) is 0 Å². The van der Waals surface area contributed by atoms with Crippen molar-refractivity contribution in [1.82, 2.24) is 10.3 Å². The Kier molecular flexibility index (Phi) is 2.52. The van der Waals surface area contributed by atoms with E-state index in [1.807, 2.05) is 19.3 Å². The summed E-state index contributed by atoms with van der Waals surface area (Å²) >= 11 is 6.00. The van der Waals surface area contributed by atoms with Crippen LogP contribution in [0.3, 0.4) is 0 Å². The third-order valence-corrected chi connectivity index (χ3v) is 3.85. The number of halogens is 1. The number of likely N-dealkylation sites (N-methyl/N-ethyl adjacent to an activating group) is 1. The third-order valence-electron chi connectivity index (χ3n) is 3.64. The van der Waals surface area contributed by atoms with Gasteiger partial charge < -0.3 is 10.2 Å². The summed E-state index contributed by atoms with van der Waals surface area (Å²) in [5, 5.41) is 4.00. The first-order chi connectivity index (χ1) is 7.79. The Morgan fingerprint density at radius 2 is 2.38 bits per heavy atom. The number of rotatable bonds is 3. The van der Waals surface area contributed by atoms with Crippen molar-refractivity contribution in [3.8, 4) is 0 Å². The Hall–Kier alpha value is -0.800. The number of nitrogens with one attached hydrogen (secondary N) is 1. The van der Waals surface area contributed by atoms with E-state index in [0.29, 0.717) is 6.04 Å². The molecular formula is C12H16ClN3. The maximum absolute atomic E-state index is 6.00. The second-order valence-corrected chi connectivity index (χ2v) is 5.22. The van der Waals surface area contributed by atoms with Crippen LogP contribution < -0.4 is 10.2 Å². The van der Waals surface area contributed by atoms with E-state index < -0.39 is 0 Å². The van der Waals surface area contributed by atoms with Crippen molar-refractivity contribution in [2.45, 2.75) is 24.9 Å². The van der Waals surface area contributed by atoms with Crippen molar-refractivity contribution < 1.29 is 0 Å². The number of hydrogen-bond donors (Lipinski definition) is 1. The van der Waals surface area contributed by atoms with Gasteiger partial charge >= 0.3 is 0 Å². The quantitative estimate of drug-likeness (QED) is 0.871. The first-order valence-corrected chi connectivity index (χ1v) is 6.21. The van der Waals surface area contributed by atoms with Crippen LogP contribution in [0.25, 0.3) is 0 Å². The van der Waals surface area contributed by atoms with Gasteiger partial charge in [0.15, 0.2) is 0 Å². The van der Waals surface area contributed by atoms with Gasteiger partial charge in [0.1, 0.15) is 0 Å². The molecule has 1 saturated carbocycles. The van der Waals surface area contributed by atoms with E-state index >= 15 is 0 Å². The fourth-order valence-corrected chi connectivity index (χ4v) is 3.09. The Morgan fingerprint density at radius 1 is 1.50 bits per heavy atom. The molecule has 2 heterocycles. The van der Waals surface area contributed by atoms with E-state index in [4.69, 9.17) is 11.6 Å². The molecule has 1 saturated heterocycles. The van der Waals surface area contributed by atoms with Gasteiger partial charge in [0, 0.05) is 24.8 Å². The smallest absolute Gasteiger partial charge is 0.0609 e. The number of nitrogens with zero attached hydrogens (tertiary/aromatic N) is 2. The molecule has 1 aliphatic carbocycles. The molecule has 0 bridgehead atoms. The van der Waals surface area contributed by atoms with Crippen LogP contribution in [0.2, 0.25) is 5.02 Å². The summed E-state index contributed by atoms with van der Waals surface area (Å²) in [6.07, 6.45) is 6.26. The number of hydrogen-bond acceptors (Lipinski definition) is 3. The van der Waals surface area contributed by atoms with Crippen LogP contribution in [-0.4, -0.2) is 30.7 Å². The van der Waals surface area contributed by atoms with Gasteiger partial charge in [-0.1, -0.05) is 11.6 Å². The Balaban J connectivity index is 1.86.